The summed E-state index contributed by atoms with van der Waals surface area (Å²) in [5.41, 5.74) is 0. The molecule has 0 aliphatic rings. The minimum Gasteiger partial charge on any atom is -0.544 e. The normalized spacial score (nSPS) is 13.3. The lowest BCUT2D eigenvalue weighted by molar-refractivity contribution is -0.889. The molecule has 0 fully saturated rings. The molecule has 0 aliphatic carbocycles. The molecule has 58 heavy (non-hydrogen) atoms. The van der Waals surface area contributed by atoms with E-state index < -0.39 is 18.1 Å². The maximum Gasteiger partial charge on any atom is 0.306 e. The van der Waals surface area contributed by atoms with Gasteiger partial charge in [0.05, 0.1) is 40.3 Å². The molecule has 336 valence electrons. The van der Waals surface area contributed by atoms with Gasteiger partial charge in [-0.05, 0) is 32.1 Å². The second-order valence-electron chi connectivity index (χ2n) is 17.1. The Labute approximate surface area is 356 Å². The van der Waals surface area contributed by atoms with Crippen LogP contribution in [-0.2, 0) is 28.6 Å². The fourth-order valence-corrected chi connectivity index (χ4v) is 6.91. The summed E-state index contributed by atoms with van der Waals surface area (Å²) >= 11 is 0. The number of quaternary nitrogens is 1. The number of ether oxygens (including phenoxy) is 3. The molecule has 0 saturated heterocycles. The van der Waals surface area contributed by atoms with Crippen LogP contribution in [0.3, 0.4) is 0 Å². The van der Waals surface area contributed by atoms with Gasteiger partial charge in [-0.25, -0.2) is 0 Å². The van der Waals surface area contributed by atoms with Crippen molar-refractivity contribution in [3.8, 4) is 0 Å². The Morgan fingerprint density at radius 2 is 0.966 bits per heavy atom. The van der Waals surface area contributed by atoms with Crippen molar-refractivity contribution in [3.63, 3.8) is 0 Å². The third-order valence-electron chi connectivity index (χ3n) is 10.6. The lowest BCUT2D eigenvalue weighted by atomic mass is 10.0. The highest BCUT2D eigenvalue weighted by molar-refractivity contribution is 5.70. The molecule has 0 aromatic heterocycles. The van der Waals surface area contributed by atoms with Crippen LogP contribution in [-0.4, -0.2) is 75.5 Å². The molecule has 0 spiro atoms. The summed E-state index contributed by atoms with van der Waals surface area (Å²) in [6.45, 7) is 4.49. The SMILES string of the molecule is CC/C=C/C=C/C=C/C=C/CCCCCC(=O)OC(COCCC(C(=O)[O-])[N+](C)(C)C)COC(=O)CCCCCCCCCCCCCCCCCCCCCCC. The fraction of sp³-hybridized carbons (Fsp3) is 0.780. The number of esters is 2. The van der Waals surface area contributed by atoms with Gasteiger partial charge in [0.1, 0.15) is 12.6 Å². The first kappa shape index (κ1) is 55.3. The molecule has 0 N–H and O–H groups in total. The second-order valence-corrected chi connectivity index (χ2v) is 17.1. The van der Waals surface area contributed by atoms with Gasteiger partial charge in [0.25, 0.3) is 0 Å². The topological polar surface area (TPSA) is 102 Å². The van der Waals surface area contributed by atoms with Crippen LogP contribution >= 0.6 is 0 Å². The Kier molecular flexibility index (Phi) is 39.1. The summed E-state index contributed by atoms with van der Waals surface area (Å²) in [7, 11) is 5.39. The number of rotatable bonds is 42. The zero-order valence-electron chi connectivity index (χ0n) is 38.2. The number of allylic oxidation sites excluding steroid dienone is 8. The van der Waals surface area contributed by atoms with E-state index in [0.717, 1.165) is 44.9 Å². The first-order valence-electron chi connectivity index (χ1n) is 23.7. The molecule has 2 atom stereocenters. The van der Waals surface area contributed by atoms with Crippen LogP contribution < -0.4 is 5.11 Å². The number of nitrogens with zero attached hydrogens (tertiary/aromatic N) is 1. The summed E-state index contributed by atoms with van der Waals surface area (Å²) < 4.78 is 17.1. The molecule has 0 aliphatic heterocycles. The van der Waals surface area contributed by atoms with Crippen molar-refractivity contribution in [1.82, 2.24) is 0 Å². The number of hydrogen-bond donors (Lipinski definition) is 0. The molecule has 0 bridgehead atoms. The van der Waals surface area contributed by atoms with Crippen LogP contribution in [0.2, 0.25) is 0 Å². The molecule has 8 heteroatoms. The zero-order chi connectivity index (χ0) is 42.8. The maximum atomic E-state index is 12.7. The van der Waals surface area contributed by atoms with Crippen LogP contribution in [0, 0.1) is 0 Å². The third kappa shape index (κ3) is 38.8. The highest BCUT2D eigenvalue weighted by atomic mass is 16.6. The number of carbonyl (C=O) groups is 3. The van der Waals surface area contributed by atoms with Gasteiger partial charge in [0, 0.05) is 19.3 Å². The van der Waals surface area contributed by atoms with Gasteiger partial charge >= 0.3 is 11.9 Å². The molecule has 0 radical (unpaired) electrons. The summed E-state index contributed by atoms with van der Waals surface area (Å²) in [5.74, 6) is -1.78. The quantitative estimate of drug-likeness (QED) is 0.0262. The van der Waals surface area contributed by atoms with Gasteiger partial charge in [0.15, 0.2) is 6.10 Å². The summed E-state index contributed by atoms with van der Waals surface area (Å²) in [6.07, 6.45) is 48.6. The predicted molar refractivity (Wildman–Crippen MR) is 240 cm³/mol. The molecule has 0 heterocycles. The van der Waals surface area contributed by atoms with E-state index in [1.807, 2.05) is 36.5 Å². The molecular weight excluding hydrogens is 727 g/mol. The number of carbonyl (C=O) groups excluding carboxylic acids is 3. The predicted octanol–water partition coefficient (Wildman–Crippen LogP) is 11.9. The molecule has 8 nitrogen and oxygen atoms in total. The van der Waals surface area contributed by atoms with E-state index >= 15 is 0 Å². The van der Waals surface area contributed by atoms with Gasteiger partial charge in [-0.2, -0.15) is 0 Å². The van der Waals surface area contributed by atoms with E-state index in [1.54, 1.807) is 21.1 Å². The van der Waals surface area contributed by atoms with Crippen LogP contribution in [0.25, 0.3) is 0 Å². The molecule has 0 amide bonds. The number of aliphatic carboxylic acids is 1. The van der Waals surface area contributed by atoms with Gasteiger partial charge in [-0.1, -0.05) is 197 Å². The molecular formula is C50H89NO7. The Morgan fingerprint density at radius 3 is 1.43 bits per heavy atom. The van der Waals surface area contributed by atoms with Crippen molar-refractivity contribution in [3.05, 3.63) is 48.6 Å². The summed E-state index contributed by atoms with van der Waals surface area (Å²) in [4.78, 5) is 36.9. The Hall–Kier alpha value is -2.71. The molecule has 0 rings (SSSR count). The molecule has 0 aromatic rings. The number of carboxylic acids is 1. The summed E-state index contributed by atoms with van der Waals surface area (Å²) in [6, 6.07) is -0.733. The van der Waals surface area contributed by atoms with Crippen molar-refractivity contribution in [2.24, 2.45) is 0 Å². The number of unbranched alkanes of at least 4 members (excludes halogenated alkanes) is 23. The highest BCUT2D eigenvalue weighted by Crippen LogP contribution is 2.16. The lowest BCUT2D eigenvalue weighted by Gasteiger charge is -2.34. The van der Waals surface area contributed by atoms with Gasteiger partial charge in [-0.15, -0.1) is 0 Å². The maximum absolute atomic E-state index is 12.7. The van der Waals surface area contributed by atoms with Crippen LogP contribution in [0.1, 0.15) is 200 Å². The van der Waals surface area contributed by atoms with E-state index in [1.165, 1.54) is 116 Å². The smallest absolute Gasteiger partial charge is 0.306 e. The first-order valence-corrected chi connectivity index (χ1v) is 23.7. The molecule has 0 saturated carbocycles. The van der Waals surface area contributed by atoms with Crippen LogP contribution in [0.5, 0.6) is 0 Å². The van der Waals surface area contributed by atoms with E-state index in [0.29, 0.717) is 12.8 Å². The second kappa shape index (κ2) is 41.0. The van der Waals surface area contributed by atoms with E-state index in [4.69, 9.17) is 14.2 Å². The van der Waals surface area contributed by atoms with E-state index in [-0.39, 0.29) is 49.1 Å². The fourth-order valence-electron chi connectivity index (χ4n) is 6.91. The minimum atomic E-state index is -1.13. The van der Waals surface area contributed by atoms with Crippen molar-refractivity contribution >= 4 is 17.9 Å². The van der Waals surface area contributed by atoms with Gasteiger partial charge in [-0.3, -0.25) is 9.59 Å². The molecule has 0 aromatic carbocycles. The number of carboxylic acid groups (broad SMARTS) is 1. The van der Waals surface area contributed by atoms with Crippen molar-refractivity contribution in [1.29, 1.82) is 0 Å². The Morgan fingerprint density at radius 1 is 0.534 bits per heavy atom. The number of hydrogen-bond acceptors (Lipinski definition) is 7. The monoisotopic (exact) mass is 816 g/mol. The number of likely N-dealkylation sites (N-methyl/N-ethyl adjacent to an activating group) is 1. The lowest BCUT2D eigenvalue weighted by Crippen LogP contribution is -2.55. The van der Waals surface area contributed by atoms with Crippen LogP contribution in [0.4, 0.5) is 0 Å². The van der Waals surface area contributed by atoms with E-state index in [2.05, 4.69) is 26.0 Å². The largest absolute Gasteiger partial charge is 0.544 e. The summed E-state index contributed by atoms with van der Waals surface area (Å²) in [5, 5.41) is 11.6. The van der Waals surface area contributed by atoms with Gasteiger partial charge < -0.3 is 28.6 Å². The van der Waals surface area contributed by atoms with Crippen molar-refractivity contribution < 1.29 is 38.2 Å². The average Bonchev–Trinajstić information content (AvgIpc) is 3.18. The highest BCUT2D eigenvalue weighted by Gasteiger charge is 2.25. The van der Waals surface area contributed by atoms with Gasteiger partial charge in [0.2, 0.25) is 0 Å². The standard InChI is InChI=1S/C50H89NO7/c1-6-8-10-12-14-16-18-20-21-22-23-24-25-26-27-29-30-32-34-36-38-40-48(52)57-45-46(44-56-43-42-47(50(54)55)51(3,4)5)58-49(53)41-39-37-35-33-31-28-19-17-15-13-11-9-7-2/h9,11,13,15,17,19,28,31,46-47H,6-8,10,12,14,16,18,20-27,29-30,32-45H2,1-5H3/b11-9+,15-13+,19-17+,31-28+. The average molecular weight is 816 g/mol. The molecule has 2 unspecified atom stereocenters. The van der Waals surface area contributed by atoms with E-state index in [9.17, 15) is 19.5 Å². The zero-order valence-corrected chi connectivity index (χ0v) is 38.2. The third-order valence-corrected chi connectivity index (χ3v) is 10.6. The van der Waals surface area contributed by atoms with Crippen molar-refractivity contribution in [2.75, 3.05) is 41.0 Å². The Bertz CT molecular complexity index is 1090. The van der Waals surface area contributed by atoms with Crippen LogP contribution in [0.15, 0.2) is 48.6 Å². The first-order chi connectivity index (χ1) is 28.1. The van der Waals surface area contributed by atoms with Crippen molar-refractivity contribution in [2.45, 2.75) is 212 Å². The minimum absolute atomic E-state index is 0.0255. The Balaban J connectivity index is 4.25.